The van der Waals surface area contributed by atoms with Crippen molar-refractivity contribution in [1.29, 1.82) is 0 Å². The highest BCUT2D eigenvalue weighted by Crippen LogP contribution is 2.17. The maximum absolute atomic E-state index is 11.6. The third kappa shape index (κ3) is 3.74. The van der Waals surface area contributed by atoms with Crippen molar-refractivity contribution < 1.29 is 19.4 Å². The number of ether oxygens (including phenoxy) is 1. The highest BCUT2D eigenvalue weighted by Gasteiger charge is 2.34. The molecule has 0 atom stereocenters. The Bertz CT molecular complexity index is 282. The third-order valence-electron chi connectivity index (χ3n) is 1.64. The summed E-state index contributed by atoms with van der Waals surface area (Å²) < 4.78 is 5.96. The maximum atomic E-state index is 11.6. The number of hydrogen-bond acceptors (Lipinski definition) is 3. The van der Waals surface area contributed by atoms with Crippen LogP contribution in [-0.4, -0.2) is 36.6 Å². The molecule has 0 aromatic rings. The van der Waals surface area contributed by atoms with E-state index in [1.165, 1.54) is 4.57 Å². The standard InChI is InChI=1S/C9H17NO4Si/c1-6-14-9(13)10(15(3,4)5)7(2)8(11)12/h2,6H2,1,3-5H3,(H,11,12). The molecule has 0 rings (SSSR count). The third-order valence-corrected chi connectivity index (χ3v) is 3.43. The van der Waals surface area contributed by atoms with Crippen molar-refractivity contribution in [3.05, 3.63) is 12.3 Å². The molecule has 0 aromatic carbocycles. The minimum Gasteiger partial charge on any atom is -0.477 e. The summed E-state index contributed by atoms with van der Waals surface area (Å²) in [6.45, 7) is 10.8. The van der Waals surface area contributed by atoms with Crippen LogP contribution in [0.25, 0.3) is 0 Å². The number of nitrogens with zero attached hydrogens (tertiary/aromatic N) is 1. The maximum Gasteiger partial charge on any atom is 0.406 e. The van der Waals surface area contributed by atoms with E-state index < -0.39 is 20.3 Å². The van der Waals surface area contributed by atoms with Crippen LogP contribution in [0.5, 0.6) is 0 Å². The van der Waals surface area contributed by atoms with Gasteiger partial charge in [-0.15, -0.1) is 0 Å². The first kappa shape index (κ1) is 13.7. The molecular formula is C9H17NO4Si. The summed E-state index contributed by atoms with van der Waals surface area (Å²) >= 11 is 0. The predicted molar refractivity (Wildman–Crippen MR) is 59.0 cm³/mol. The van der Waals surface area contributed by atoms with Gasteiger partial charge >= 0.3 is 12.1 Å². The Kier molecular flexibility index (Phi) is 4.54. The molecule has 15 heavy (non-hydrogen) atoms. The molecule has 5 nitrogen and oxygen atoms in total. The van der Waals surface area contributed by atoms with Gasteiger partial charge in [0, 0.05) is 0 Å². The highest BCUT2D eigenvalue weighted by atomic mass is 28.3. The lowest BCUT2D eigenvalue weighted by atomic mass is 10.5. The molecule has 0 heterocycles. The summed E-state index contributed by atoms with van der Waals surface area (Å²) in [4.78, 5) is 22.3. The van der Waals surface area contributed by atoms with Gasteiger partial charge in [0.1, 0.15) is 5.70 Å². The molecule has 6 heteroatoms. The molecule has 0 aliphatic carbocycles. The summed E-state index contributed by atoms with van der Waals surface area (Å²) in [5.74, 6) is -1.20. The number of aliphatic carboxylic acids is 1. The van der Waals surface area contributed by atoms with Crippen LogP contribution in [0.1, 0.15) is 6.92 Å². The van der Waals surface area contributed by atoms with Crippen LogP contribution in [0, 0.1) is 0 Å². The molecule has 0 bridgehead atoms. The summed E-state index contributed by atoms with van der Waals surface area (Å²) in [5, 5.41) is 8.81. The van der Waals surface area contributed by atoms with Gasteiger partial charge in [-0.1, -0.05) is 26.2 Å². The van der Waals surface area contributed by atoms with Crippen molar-refractivity contribution in [3.8, 4) is 0 Å². The van der Waals surface area contributed by atoms with Gasteiger partial charge < -0.3 is 14.4 Å². The van der Waals surface area contributed by atoms with Gasteiger partial charge in [-0.05, 0) is 6.92 Å². The average molecular weight is 231 g/mol. The molecule has 0 aliphatic heterocycles. The summed E-state index contributed by atoms with van der Waals surface area (Å²) in [7, 11) is -2.13. The van der Waals surface area contributed by atoms with Gasteiger partial charge in [0.05, 0.1) is 6.61 Å². The Morgan fingerprint density at radius 3 is 2.13 bits per heavy atom. The first-order valence-corrected chi connectivity index (χ1v) is 8.05. The Balaban J connectivity index is 4.99. The molecule has 0 saturated heterocycles. The van der Waals surface area contributed by atoms with Crippen molar-refractivity contribution in [2.24, 2.45) is 0 Å². The number of hydrogen-bond donors (Lipinski definition) is 1. The smallest absolute Gasteiger partial charge is 0.406 e. The first-order chi connectivity index (χ1) is 6.71. The van der Waals surface area contributed by atoms with E-state index in [-0.39, 0.29) is 12.3 Å². The van der Waals surface area contributed by atoms with E-state index in [2.05, 4.69) is 6.58 Å². The Hall–Kier alpha value is -1.30. The second-order valence-electron chi connectivity index (χ2n) is 3.96. The van der Waals surface area contributed by atoms with Crippen LogP contribution in [-0.2, 0) is 9.53 Å². The van der Waals surface area contributed by atoms with E-state index in [0.717, 1.165) is 0 Å². The van der Waals surface area contributed by atoms with Crippen molar-refractivity contribution in [1.82, 2.24) is 4.57 Å². The number of amides is 1. The molecule has 0 aromatic heterocycles. The normalized spacial score (nSPS) is 10.7. The summed E-state index contributed by atoms with van der Waals surface area (Å²) in [6, 6.07) is 0. The topological polar surface area (TPSA) is 66.8 Å². The molecular weight excluding hydrogens is 214 g/mol. The number of carbonyl (C=O) groups excluding carboxylic acids is 1. The summed E-state index contributed by atoms with van der Waals surface area (Å²) in [5.41, 5.74) is -0.229. The number of rotatable bonds is 4. The molecule has 1 amide bonds. The highest BCUT2D eigenvalue weighted by molar-refractivity contribution is 6.76. The zero-order chi connectivity index (χ0) is 12.2. The van der Waals surface area contributed by atoms with Crippen LogP contribution in [0.2, 0.25) is 19.6 Å². The molecule has 0 radical (unpaired) electrons. The number of carboxylic acid groups (broad SMARTS) is 1. The SMILES string of the molecule is C=C(C(=O)O)N(C(=O)OCC)[Si](C)(C)C. The average Bonchev–Trinajstić information content (AvgIpc) is 2.01. The molecule has 1 N–H and O–H groups in total. The Morgan fingerprint density at radius 2 is 1.87 bits per heavy atom. The van der Waals surface area contributed by atoms with E-state index in [1.54, 1.807) is 6.92 Å². The van der Waals surface area contributed by atoms with Crippen molar-refractivity contribution >= 4 is 20.3 Å². The predicted octanol–water partition coefficient (Wildman–Crippen LogP) is 1.88. The second kappa shape index (κ2) is 4.97. The molecule has 0 aliphatic rings. The molecule has 86 valence electrons. The zero-order valence-electron chi connectivity index (χ0n) is 9.53. The Morgan fingerprint density at radius 1 is 1.40 bits per heavy atom. The molecule has 0 fully saturated rings. The molecule has 0 unspecified atom stereocenters. The monoisotopic (exact) mass is 231 g/mol. The van der Waals surface area contributed by atoms with Crippen LogP contribution < -0.4 is 0 Å². The van der Waals surface area contributed by atoms with Gasteiger partial charge in [0.15, 0.2) is 8.24 Å². The van der Waals surface area contributed by atoms with E-state index in [4.69, 9.17) is 9.84 Å². The lowest BCUT2D eigenvalue weighted by molar-refractivity contribution is -0.133. The number of carbonyl (C=O) groups is 2. The minimum atomic E-state index is -2.13. The van der Waals surface area contributed by atoms with Crippen LogP contribution in [0.15, 0.2) is 12.3 Å². The van der Waals surface area contributed by atoms with Gasteiger partial charge in [-0.3, -0.25) is 0 Å². The lowest BCUT2D eigenvalue weighted by Crippen LogP contribution is -2.50. The number of carboxylic acids is 1. The van der Waals surface area contributed by atoms with Crippen molar-refractivity contribution in [3.63, 3.8) is 0 Å². The van der Waals surface area contributed by atoms with Gasteiger partial charge in [0.2, 0.25) is 0 Å². The van der Waals surface area contributed by atoms with Crippen LogP contribution in [0.4, 0.5) is 4.79 Å². The fourth-order valence-electron chi connectivity index (χ4n) is 1.07. The van der Waals surface area contributed by atoms with Crippen LogP contribution in [0.3, 0.4) is 0 Å². The fourth-order valence-corrected chi connectivity index (χ4v) is 2.59. The quantitative estimate of drug-likeness (QED) is 0.592. The molecule has 0 spiro atoms. The van der Waals surface area contributed by atoms with Crippen LogP contribution >= 0.6 is 0 Å². The van der Waals surface area contributed by atoms with E-state index >= 15 is 0 Å². The Labute approximate surface area is 90.4 Å². The summed E-state index contributed by atoms with van der Waals surface area (Å²) in [6.07, 6.45) is -0.635. The van der Waals surface area contributed by atoms with Gasteiger partial charge in [-0.2, -0.15) is 0 Å². The minimum absolute atomic E-state index is 0.215. The molecule has 0 saturated carbocycles. The first-order valence-electron chi connectivity index (χ1n) is 4.61. The lowest BCUT2D eigenvalue weighted by Gasteiger charge is -2.32. The van der Waals surface area contributed by atoms with Crippen molar-refractivity contribution in [2.45, 2.75) is 26.6 Å². The van der Waals surface area contributed by atoms with Gasteiger partial charge in [-0.25, -0.2) is 9.59 Å². The second-order valence-corrected chi connectivity index (χ2v) is 8.75. The van der Waals surface area contributed by atoms with Gasteiger partial charge in [0.25, 0.3) is 0 Å². The zero-order valence-corrected chi connectivity index (χ0v) is 10.5. The fraction of sp³-hybridized carbons (Fsp3) is 0.556. The van der Waals surface area contributed by atoms with E-state index in [9.17, 15) is 9.59 Å². The largest absolute Gasteiger partial charge is 0.477 e. The van der Waals surface area contributed by atoms with E-state index in [1.807, 2.05) is 19.6 Å². The van der Waals surface area contributed by atoms with E-state index in [0.29, 0.717) is 0 Å². The van der Waals surface area contributed by atoms with Crippen molar-refractivity contribution in [2.75, 3.05) is 6.61 Å².